The van der Waals surface area contributed by atoms with Crippen molar-refractivity contribution >= 4 is 12.2 Å². The summed E-state index contributed by atoms with van der Waals surface area (Å²) in [6, 6.07) is 17.3. The van der Waals surface area contributed by atoms with Crippen molar-refractivity contribution in [2.75, 3.05) is 0 Å². The highest BCUT2D eigenvalue weighted by Gasteiger charge is 2.02. The van der Waals surface area contributed by atoms with E-state index in [2.05, 4.69) is 63.8 Å². The van der Waals surface area contributed by atoms with Crippen LogP contribution in [0.4, 0.5) is 0 Å². The Morgan fingerprint density at radius 2 is 1.43 bits per heavy atom. The fourth-order valence-electron chi connectivity index (χ4n) is 1.52. The van der Waals surface area contributed by atoms with Gasteiger partial charge in [0.2, 0.25) is 0 Å². The molecule has 0 spiro atoms. The molecule has 0 aliphatic rings. The van der Waals surface area contributed by atoms with E-state index in [1.165, 1.54) is 5.56 Å². The van der Waals surface area contributed by atoms with Gasteiger partial charge < -0.3 is 5.11 Å². The minimum absolute atomic E-state index is 0.274. The third-order valence-corrected chi connectivity index (χ3v) is 2.70. The second kappa shape index (κ2) is 8.11. The molecule has 0 radical (unpaired) electrons. The monoisotopic (exact) mass is 280 g/mol. The number of benzene rings is 2. The van der Waals surface area contributed by atoms with E-state index >= 15 is 0 Å². The van der Waals surface area contributed by atoms with Crippen LogP contribution in [-0.4, -0.2) is 5.11 Å². The Kier molecular flexibility index (Phi) is 6.48. The molecule has 1 N–H and O–H groups in total. The second-order valence-electron chi connectivity index (χ2n) is 5.91. The van der Waals surface area contributed by atoms with Gasteiger partial charge in [-0.25, -0.2) is 0 Å². The summed E-state index contributed by atoms with van der Waals surface area (Å²) in [4.78, 5) is 0. The first-order valence-corrected chi connectivity index (χ1v) is 7.06. The van der Waals surface area contributed by atoms with Crippen LogP contribution >= 0.6 is 0 Å². The summed E-state index contributed by atoms with van der Waals surface area (Å²) in [6.07, 6.45) is 6.13. The Balaban J connectivity index is 0.000000219. The number of hydrogen-bond acceptors (Lipinski definition) is 1. The number of rotatable bonds is 2. The fourth-order valence-corrected chi connectivity index (χ4v) is 1.52. The third-order valence-electron chi connectivity index (χ3n) is 2.70. The van der Waals surface area contributed by atoms with Crippen molar-refractivity contribution < 1.29 is 5.11 Å². The Morgan fingerprint density at radius 1 is 0.857 bits per heavy atom. The molecule has 0 amide bonds. The molecule has 21 heavy (non-hydrogen) atoms. The zero-order chi connectivity index (χ0) is 15.7. The molecular weight excluding hydrogens is 256 g/mol. The fraction of sp³-hybridized carbons (Fsp3) is 0.200. The summed E-state index contributed by atoms with van der Waals surface area (Å²) in [5.74, 6) is 0.292. The summed E-state index contributed by atoms with van der Waals surface area (Å²) < 4.78 is 0. The van der Waals surface area contributed by atoms with E-state index in [0.717, 1.165) is 5.56 Å². The lowest BCUT2D eigenvalue weighted by atomic mass is 9.95. The van der Waals surface area contributed by atoms with Crippen molar-refractivity contribution in [2.24, 2.45) is 5.41 Å². The van der Waals surface area contributed by atoms with Crippen molar-refractivity contribution in [3.8, 4) is 5.75 Å². The average molecular weight is 280 g/mol. The van der Waals surface area contributed by atoms with Crippen molar-refractivity contribution in [3.63, 3.8) is 0 Å². The molecule has 110 valence electrons. The zero-order valence-electron chi connectivity index (χ0n) is 13.1. The molecule has 0 aliphatic heterocycles. The molecule has 0 unspecified atom stereocenters. The Hall–Kier alpha value is -2.28. The van der Waals surface area contributed by atoms with Gasteiger partial charge in [0.05, 0.1) is 0 Å². The number of phenolic OH excluding ortho intramolecular Hbond substituents is 1. The van der Waals surface area contributed by atoms with E-state index in [0.29, 0.717) is 5.75 Å². The molecule has 2 rings (SSSR count). The van der Waals surface area contributed by atoms with Gasteiger partial charge in [-0.2, -0.15) is 0 Å². The van der Waals surface area contributed by atoms with Gasteiger partial charge >= 0.3 is 0 Å². The van der Waals surface area contributed by atoms with Gasteiger partial charge in [0, 0.05) is 0 Å². The Morgan fingerprint density at radius 3 is 1.90 bits per heavy atom. The maximum Gasteiger partial charge on any atom is 0.115 e. The SMILES string of the molecule is C=Cc1ccc(O)cc1.CC(C)(C)C=Cc1ccccc1. The lowest BCUT2D eigenvalue weighted by Gasteiger charge is -2.10. The van der Waals surface area contributed by atoms with Gasteiger partial charge in [0.25, 0.3) is 0 Å². The molecule has 0 saturated carbocycles. The van der Waals surface area contributed by atoms with Crippen molar-refractivity contribution in [2.45, 2.75) is 20.8 Å². The number of aromatic hydroxyl groups is 1. The maximum absolute atomic E-state index is 8.82. The molecule has 0 bridgehead atoms. The van der Waals surface area contributed by atoms with Crippen LogP contribution in [0.15, 0.2) is 67.3 Å². The third kappa shape index (κ3) is 7.78. The topological polar surface area (TPSA) is 20.2 Å². The Labute approximate surface area is 128 Å². The van der Waals surface area contributed by atoms with Crippen LogP contribution in [0.2, 0.25) is 0 Å². The first-order chi connectivity index (χ1) is 9.90. The van der Waals surface area contributed by atoms with E-state index in [-0.39, 0.29) is 5.41 Å². The predicted molar refractivity (Wildman–Crippen MR) is 93.1 cm³/mol. The zero-order valence-corrected chi connectivity index (χ0v) is 13.1. The van der Waals surface area contributed by atoms with Crippen LogP contribution in [0.1, 0.15) is 31.9 Å². The summed E-state index contributed by atoms with van der Waals surface area (Å²) in [5.41, 5.74) is 2.57. The lowest BCUT2D eigenvalue weighted by molar-refractivity contribution is 0.475. The lowest BCUT2D eigenvalue weighted by Crippen LogP contribution is -1.97. The first-order valence-electron chi connectivity index (χ1n) is 7.06. The molecular formula is C20H24O. The minimum atomic E-state index is 0.274. The molecule has 2 aromatic rings. The summed E-state index contributed by atoms with van der Waals surface area (Å²) in [7, 11) is 0. The van der Waals surface area contributed by atoms with Crippen LogP contribution in [-0.2, 0) is 0 Å². The second-order valence-corrected chi connectivity index (χ2v) is 5.91. The van der Waals surface area contributed by atoms with Crippen molar-refractivity contribution in [1.82, 2.24) is 0 Å². The van der Waals surface area contributed by atoms with E-state index in [1.807, 2.05) is 18.2 Å². The van der Waals surface area contributed by atoms with Gasteiger partial charge in [-0.15, -0.1) is 0 Å². The van der Waals surface area contributed by atoms with Crippen LogP contribution in [0.25, 0.3) is 12.2 Å². The molecule has 0 fully saturated rings. The van der Waals surface area contributed by atoms with Crippen LogP contribution in [0, 0.1) is 5.41 Å². The average Bonchev–Trinajstić information content (AvgIpc) is 2.47. The molecule has 0 aliphatic carbocycles. The van der Waals surface area contributed by atoms with Crippen molar-refractivity contribution in [3.05, 3.63) is 78.4 Å². The van der Waals surface area contributed by atoms with E-state index in [4.69, 9.17) is 5.11 Å². The number of allylic oxidation sites excluding steroid dienone is 1. The van der Waals surface area contributed by atoms with Crippen LogP contribution in [0.5, 0.6) is 5.75 Å². The van der Waals surface area contributed by atoms with E-state index in [9.17, 15) is 0 Å². The van der Waals surface area contributed by atoms with E-state index in [1.54, 1.807) is 18.2 Å². The number of phenols is 1. The standard InChI is InChI=1S/C12H16.C8H8O/c1-12(2,3)10-9-11-7-5-4-6-8-11;1-2-7-3-5-8(9)6-4-7/h4-10H,1-3H3;2-6,9H,1H2. The quantitative estimate of drug-likeness (QED) is 0.739. The highest BCUT2D eigenvalue weighted by molar-refractivity contribution is 5.49. The smallest absolute Gasteiger partial charge is 0.115 e. The predicted octanol–water partition coefficient (Wildman–Crippen LogP) is 5.78. The first kappa shape index (κ1) is 16.8. The van der Waals surface area contributed by atoms with Crippen LogP contribution in [0.3, 0.4) is 0 Å². The highest BCUT2D eigenvalue weighted by atomic mass is 16.3. The van der Waals surface area contributed by atoms with Gasteiger partial charge in [-0.1, -0.05) is 88.0 Å². The largest absolute Gasteiger partial charge is 0.508 e. The molecule has 0 heterocycles. The van der Waals surface area contributed by atoms with Gasteiger partial charge in [0.15, 0.2) is 0 Å². The molecule has 0 aromatic heterocycles. The Bertz CT molecular complexity index is 557. The normalized spacial score (nSPS) is 10.8. The summed E-state index contributed by atoms with van der Waals surface area (Å²) >= 11 is 0. The van der Waals surface area contributed by atoms with E-state index < -0.39 is 0 Å². The van der Waals surface area contributed by atoms with Crippen LogP contribution < -0.4 is 0 Å². The highest BCUT2D eigenvalue weighted by Crippen LogP contribution is 2.16. The van der Waals surface area contributed by atoms with Crippen molar-refractivity contribution in [1.29, 1.82) is 0 Å². The molecule has 0 saturated heterocycles. The molecule has 0 atom stereocenters. The summed E-state index contributed by atoms with van der Waals surface area (Å²) in [5, 5.41) is 8.82. The maximum atomic E-state index is 8.82. The van der Waals surface area contributed by atoms with Gasteiger partial charge in [-0.05, 0) is 28.7 Å². The summed E-state index contributed by atoms with van der Waals surface area (Å²) in [6.45, 7) is 10.2. The minimum Gasteiger partial charge on any atom is -0.508 e. The van der Waals surface area contributed by atoms with Gasteiger partial charge in [-0.3, -0.25) is 0 Å². The van der Waals surface area contributed by atoms with Gasteiger partial charge in [0.1, 0.15) is 5.75 Å². The number of hydrogen-bond donors (Lipinski definition) is 1. The molecule has 1 heteroatoms. The molecule has 2 aromatic carbocycles. The molecule has 1 nitrogen and oxygen atoms in total.